The van der Waals surface area contributed by atoms with E-state index in [9.17, 15) is 4.79 Å². The summed E-state index contributed by atoms with van der Waals surface area (Å²) in [6.45, 7) is 2.45. The van der Waals surface area contributed by atoms with Gasteiger partial charge in [-0.05, 0) is 61.3 Å². The number of ether oxygens (including phenoxy) is 3. The molecule has 142 valence electrons. The fourth-order valence-electron chi connectivity index (χ4n) is 3.72. The van der Waals surface area contributed by atoms with E-state index in [2.05, 4.69) is 22.3 Å². The molecule has 0 saturated carbocycles. The number of likely N-dealkylation sites (tertiary alicyclic amines) is 1. The molecule has 1 amide bonds. The second-order valence-electron chi connectivity index (χ2n) is 6.81. The van der Waals surface area contributed by atoms with Gasteiger partial charge in [0.25, 0.3) is 0 Å². The molecule has 0 spiro atoms. The molecule has 0 aliphatic carbocycles. The zero-order valence-electron chi connectivity index (χ0n) is 15.4. The molecular weight excluding hydrogens is 344 g/mol. The number of benzene rings is 2. The molecule has 1 unspecified atom stereocenters. The van der Waals surface area contributed by atoms with Crippen LogP contribution in [0.3, 0.4) is 0 Å². The minimum atomic E-state index is -0.00962. The lowest BCUT2D eigenvalue weighted by Gasteiger charge is -2.26. The van der Waals surface area contributed by atoms with Crippen LogP contribution in [0, 0.1) is 0 Å². The standard InChI is InChI=1S/C21H24N2O4/c1-25-17-7-5-16(6-8-17)22-21(24)14-23-10-2-3-18(23)15-4-9-19-20(13-15)27-12-11-26-19/h4-9,13,18H,2-3,10-12,14H2,1H3,(H,22,24). The number of amides is 1. The number of carbonyl (C=O) groups excluding carboxylic acids is 1. The fourth-order valence-corrected chi connectivity index (χ4v) is 3.72. The Bertz CT molecular complexity index is 806. The van der Waals surface area contributed by atoms with Crippen LogP contribution in [0.4, 0.5) is 5.69 Å². The third-order valence-electron chi connectivity index (χ3n) is 5.04. The zero-order valence-corrected chi connectivity index (χ0v) is 15.4. The maximum atomic E-state index is 12.5. The highest BCUT2D eigenvalue weighted by atomic mass is 16.6. The van der Waals surface area contributed by atoms with Gasteiger partial charge in [-0.3, -0.25) is 9.69 Å². The molecule has 1 fully saturated rings. The van der Waals surface area contributed by atoms with Crippen LogP contribution in [0.25, 0.3) is 0 Å². The van der Waals surface area contributed by atoms with Crippen molar-refractivity contribution in [3.8, 4) is 17.2 Å². The smallest absolute Gasteiger partial charge is 0.238 e. The number of rotatable bonds is 5. The van der Waals surface area contributed by atoms with Crippen molar-refractivity contribution in [2.45, 2.75) is 18.9 Å². The molecular formula is C21H24N2O4. The first kappa shape index (κ1) is 17.7. The van der Waals surface area contributed by atoms with Gasteiger partial charge in [0.15, 0.2) is 11.5 Å². The molecule has 0 bridgehead atoms. The summed E-state index contributed by atoms with van der Waals surface area (Å²) in [4.78, 5) is 14.7. The van der Waals surface area contributed by atoms with E-state index >= 15 is 0 Å². The molecule has 2 aliphatic heterocycles. The van der Waals surface area contributed by atoms with E-state index in [1.807, 2.05) is 30.3 Å². The Hall–Kier alpha value is -2.73. The van der Waals surface area contributed by atoms with Gasteiger partial charge in [-0.1, -0.05) is 6.07 Å². The molecule has 2 aliphatic rings. The van der Waals surface area contributed by atoms with Crippen molar-refractivity contribution in [3.63, 3.8) is 0 Å². The first-order valence-electron chi connectivity index (χ1n) is 9.30. The summed E-state index contributed by atoms with van der Waals surface area (Å²) < 4.78 is 16.5. The number of hydrogen-bond acceptors (Lipinski definition) is 5. The molecule has 27 heavy (non-hydrogen) atoms. The Morgan fingerprint density at radius 2 is 1.93 bits per heavy atom. The molecule has 6 heteroatoms. The Balaban J connectivity index is 1.41. The van der Waals surface area contributed by atoms with E-state index in [4.69, 9.17) is 14.2 Å². The van der Waals surface area contributed by atoms with Crippen LogP contribution >= 0.6 is 0 Å². The van der Waals surface area contributed by atoms with Crippen molar-refractivity contribution in [3.05, 3.63) is 48.0 Å². The van der Waals surface area contributed by atoms with Crippen molar-refractivity contribution < 1.29 is 19.0 Å². The molecule has 2 aromatic rings. The normalized spacial score (nSPS) is 18.9. The van der Waals surface area contributed by atoms with Gasteiger partial charge in [0.2, 0.25) is 5.91 Å². The summed E-state index contributed by atoms with van der Waals surface area (Å²) in [7, 11) is 1.62. The minimum Gasteiger partial charge on any atom is -0.497 e. The number of hydrogen-bond donors (Lipinski definition) is 1. The van der Waals surface area contributed by atoms with Gasteiger partial charge in [-0.25, -0.2) is 0 Å². The highest BCUT2D eigenvalue weighted by molar-refractivity contribution is 5.92. The zero-order chi connectivity index (χ0) is 18.6. The molecule has 2 aromatic carbocycles. The minimum absolute atomic E-state index is 0.00962. The number of fused-ring (bicyclic) bond motifs is 1. The number of nitrogens with one attached hydrogen (secondary N) is 1. The number of carbonyl (C=O) groups is 1. The van der Waals surface area contributed by atoms with E-state index in [1.165, 1.54) is 5.56 Å². The molecule has 0 radical (unpaired) electrons. The van der Waals surface area contributed by atoms with Crippen LogP contribution in [-0.2, 0) is 4.79 Å². The molecule has 4 rings (SSSR count). The predicted molar refractivity (Wildman–Crippen MR) is 103 cm³/mol. The third kappa shape index (κ3) is 4.01. The Morgan fingerprint density at radius 3 is 2.70 bits per heavy atom. The SMILES string of the molecule is COc1ccc(NC(=O)CN2CCCC2c2ccc3c(c2)OCCO3)cc1. The van der Waals surface area contributed by atoms with Gasteiger partial charge in [0.1, 0.15) is 19.0 Å². The van der Waals surface area contributed by atoms with Crippen molar-refractivity contribution in [2.24, 2.45) is 0 Å². The molecule has 1 N–H and O–H groups in total. The van der Waals surface area contributed by atoms with Gasteiger partial charge in [-0.15, -0.1) is 0 Å². The number of methoxy groups -OCH3 is 1. The highest BCUT2D eigenvalue weighted by Gasteiger charge is 2.28. The predicted octanol–water partition coefficient (Wildman–Crippen LogP) is 3.24. The Kier molecular flexibility index (Phi) is 5.16. The van der Waals surface area contributed by atoms with Crippen LogP contribution in [0.2, 0.25) is 0 Å². The topological polar surface area (TPSA) is 60.0 Å². The first-order chi connectivity index (χ1) is 13.2. The molecule has 1 atom stereocenters. The summed E-state index contributed by atoms with van der Waals surface area (Å²) >= 11 is 0. The number of anilines is 1. The van der Waals surface area contributed by atoms with Crippen LogP contribution in [-0.4, -0.2) is 44.2 Å². The van der Waals surface area contributed by atoms with E-state index < -0.39 is 0 Å². The summed E-state index contributed by atoms with van der Waals surface area (Å²) in [6.07, 6.45) is 2.12. The van der Waals surface area contributed by atoms with Gasteiger partial charge in [0.05, 0.1) is 13.7 Å². The lowest BCUT2D eigenvalue weighted by atomic mass is 10.0. The highest BCUT2D eigenvalue weighted by Crippen LogP contribution is 2.37. The molecule has 6 nitrogen and oxygen atoms in total. The second-order valence-corrected chi connectivity index (χ2v) is 6.81. The first-order valence-corrected chi connectivity index (χ1v) is 9.30. The maximum Gasteiger partial charge on any atom is 0.238 e. The third-order valence-corrected chi connectivity index (χ3v) is 5.04. The van der Waals surface area contributed by atoms with Crippen molar-refractivity contribution in [2.75, 3.05) is 38.7 Å². The summed E-state index contributed by atoms with van der Waals surface area (Å²) in [5, 5.41) is 2.96. The van der Waals surface area contributed by atoms with Crippen molar-refractivity contribution >= 4 is 11.6 Å². The lowest BCUT2D eigenvalue weighted by molar-refractivity contribution is -0.117. The van der Waals surface area contributed by atoms with Crippen molar-refractivity contribution in [1.29, 1.82) is 0 Å². The summed E-state index contributed by atoms with van der Waals surface area (Å²) in [6, 6.07) is 13.7. The van der Waals surface area contributed by atoms with E-state index in [0.717, 1.165) is 42.3 Å². The quantitative estimate of drug-likeness (QED) is 0.878. The van der Waals surface area contributed by atoms with Crippen LogP contribution in [0.5, 0.6) is 17.2 Å². The van der Waals surface area contributed by atoms with Crippen molar-refractivity contribution in [1.82, 2.24) is 4.90 Å². The van der Waals surface area contributed by atoms with Crippen LogP contribution in [0.1, 0.15) is 24.4 Å². The summed E-state index contributed by atoms with van der Waals surface area (Å²) in [5.74, 6) is 2.36. The van der Waals surface area contributed by atoms with E-state index in [1.54, 1.807) is 7.11 Å². The van der Waals surface area contributed by atoms with Crippen LogP contribution < -0.4 is 19.5 Å². The second kappa shape index (κ2) is 7.88. The van der Waals surface area contributed by atoms with Gasteiger partial charge >= 0.3 is 0 Å². The molecule has 0 aromatic heterocycles. The maximum absolute atomic E-state index is 12.5. The Labute approximate surface area is 159 Å². The fraction of sp³-hybridized carbons (Fsp3) is 0.381. The van der Waals surface area contributed by atoms with E-state index in [-0.39, 0.29) is 11.9 Å². The monoisotopic (exact) mass is 368 g/mol. The lowest BCUT2D eigenvalue weighted by Crippen LogP contribution is -2.33. The van der Waals surface area contributed by atoms with Crippen LogP contribution in [0.15, 0.2) is 42.5 Å². The molecule has 2 heterocycles. The van der Waals surface area contributed by atoms with E-state index in [0.29, 0.717) is 19.8 Å². The Morgan fingerprint density at radius 1 is 1.15 bits per heavy atom. The summed E-state index contributed by atoms with van der Waals surface area (Å²) in [5.41, 5.74) is 1.95. The average molecular weight is 368 g/mol. The number of nitrogens with zero attached hydrogens (tertiary/aromatic N) is 1. The molecule has 1 saturated heterocycles. The largest absolute Gasteiger partial charge is 0.497 e. The van der Waals surface area contributed by atoms with Gasteiger partial charge in [0, 0.05) is 11.7 Å². The average Bonchev–Trinajstić information content (AvgIpc) is 3.16. The van der Waals surface area contributed by atoms with Gasteiger partial charge in [-0.2, -0.15) is 0 Å². The van der Waals surface area contributed by atoms with Gasteiger partial charge < -0.3 is 19.5 Å².